The Morgan fingerprint density at radius 1 is 1.03 bits per heavy atom. The molecule has 0 heterocycles. The van der Waals surface area contributed by atoms with E-state index in [4.69, 9.17) is 8.92 Å². The summed E-state index contributed by atoms with van der Waals surface area (Å²) in [5.41, 5.74) is 0.492. The second-order valence-electron chi connectivity index (χ2n) is 8.23. The topological polar surface area (TPSA) is 76.4 Å². The molecule has 1 fully saturated rings. The second-order valence-corrected chi connectivity index (χ2v) is 16.8. The molecule has 9 heteroatoms. The lowest BCUT2D eigenvalue weighted by Gasteiger charge is -2.26. The molecule has 0 radical (unpaired) electrons. The SMILES string of the molecule is CC1(C)C([C@@H](OS(C)(=O)=O)C(Br)(Br)Br)[C@H]1[C@H](C#N)c1cccc(Oc2ccccc2)c1. The summed E-state index contributed by atoms with van der Waals surface area (Å²) in [5.74, 6) is 0.563. The van der Waals surface area contributed by atoms with Crippen molar-refractivity contribution in [2.24, 2.45) is 17.3 Å². The molecule has 0 aliphatic heterocycles. The normalized spacial score (nSPS) is 22.2. The summed E-state index contributed by atoms with van der Waals surface area (Å²) >= 11 is 10.3. The Bertz CT molecular complexity index is 1080. The van der Waals surface area contributed by atoms with Crippen molar-refractivity contribution in [1.29, 1.82) is 5.26 Å². The molecule has 0 aromatic heterocycles. The number of nitriles is 1. The fourth-order valence-electron chi connectivity index (χ4n) is 4.20. The summed E-state index contributed by atoms with van der Waals surface area (Å²) in [6, 6.07) is 19.3. The molecule has 0 spiro atoms. The van der Waals surface area contributed by atoms with Crippen LogP contribution in [0.3, 0.4) is 0 Å². The lowest BCUT2D eigenvalue weighted by molar-refractivity contribution is 0.182. The van der Waals surface area contributed by atoms with Gasteiger partial charge in [0.25, 0.3) is 10.1 Å². The van der Waals surface area contributed by atoms with E-state index in [2.05, 4.69) is 53.9 Å². The molecule has 31 heavy (non-hydrogen) atoms. The van der Waals surface area contributed by atoms with Gasteiger partial charge in [0.15, 0.2) is 2.14 Å². The van der Waals surface area contributed by atoms with Crippen molar-refractivity contribution >= 4 is 57.9 Å². The smallest absolute Gasteiger partial charge is 0.264 e. The van der Waals surface area contributed by atoms with Crippen LogP contribution in [0.5, 0.6) is 11.5 Å². The van der Waals surface area contributed by atoms with E-state index in [1.165, 1.54) is 0 Å². The Labute approximate surface area is 208 Å². The van der Waals surface area contributed by atoms with E-state index < -0.39 is 24.3 Å². The van der Waals surface area contributed by atoms with Crippen LogP contribution in [-0.4, -0.2) is 22.9 Å². The van der Waals surface area contributed by atoms with Crippen LogP contribution in [-0.2, 0) is 14.3 Å². The van der Waals surface area contributed by atoms with Crippen molar-refractivity contribution in [1.82, 2.24) is 0 Å². The molecule has 1 saturated carbocycles. The summed E-state index contributed by atoms with van der Waals surface area (Å²) < 4.78 is 34.2. The van der Waals surface area contributed by atoms with Crippen molar-refractivity contribution in [3.8, 4) is 17.6 Å². The molecule has 5 nitrogen and oxygen atoms in total. The van der Waals surface area contributed by atoms with Gasteiger partial charge in [-0.05, 0) is 41.2 Å². The predicted octanol–water partition coefficient (Wildman–Crippen LogP) is 6.54. The van der Waals surface area contributed by atoms with Gasteiger partial charge in [-0.2, -0.15) is 13.7 Å². The van der Waals surface area contributed by atoms with Gasteiger partial charge in [0.1, 0.15) is 17.6 Å². The maximum atomic E-state index is 11.9. The maximum absolute atomic E-state index is 11.9. The van der Waals surface area contributed by atoms with Crippen LogP contribution >= 0.6 is 47.8 Å². The van der Waals surface area contributed by atoms with Crippen LogP contribution in [0.2, 0.25) is 0 Å². The Hall–Kier alpha value is -0.920. The fourth-order valence-corrected chi connectivity index (χ4v) is 6.34. The molecular formula is C22H22Br3NO4S. The standard InChI is InChI=1S/C22H22Br3NO4S/c1-21(2)18(19(21)20(22(23,24)25)30-31(3,27)28)17(13-26)14-8-7-11-16(12-14)29-15-9-5-4-6-10-15/h4-12,17-20H,1-3H3/t17-,18-,19?,20-/m1/s1. The molecule has 0 saturated heterocycles. The van der Waals surface area contributed by atoms with Gasteiger partial charge in [-0.1, -0.05) is 92.0 Å². The Kier molecular flexibility index (Phi) is 7.29. The molecule has 1 aliphatic rings. The van der Waals surface area contributed by atoms with E-state index >= 15 is 0 Å². The van der Waals surface area contributed by atoms with Crippen LogP contribution in [0.4, 0.5) is 0 Å². The number of hydrogen-bond acceptors (Lipinski definition) is 5. The molecule has 0 bridgehead atoms. The third-order valence-electron chi connectivity index (χ3n) is 5.62. The summed E-state index contributed by atoms with van der Waals surface area (Å²) in [6.07, 6.45) is 0.261. The second kappa shape index (κ2) is 9.14. The zero-order valence-electron chi connectivity index (χ0n) is 17.1. The average Bonchev–Trinajstić information content (AvgIpc) is 3.21. The molecule has 4 atom stereocenters. The zero-order valence-corrected chi connectivity index (χ0v) is 22.7. The number of hydrogen-bond donors (Lipinski definition) is 0. The van der Waals surface area contributed by atoms with E-state index in [-0.39, 0.29) is 17.3 Å². The lowest BCUT2D eigenvalue weighted by atomic mass is 9.91. The number of ether oxygens (including phenoxy) is 1. The molecule has 2 aromatic carbocycles. The van der Waals surface area contributed by atoms with Crippen LogP contribution in [0.1, 0.15) is 25.3 Å². The van der Waals surface area contributed by atoms with Gasteiger partial charge in [-0.3, -0.25) is 4.18 Å². The highest BCUT2D eigenvalue weighted by atomic mass is 80.0. The van der Waals surface area contributed by atoms with Crippen molar-refractivity contribution in [3.63, 3.8) is 0 Å². The third kappa shape index (κ3) is 5.91. The van der Waals surface area contributed by atoms with Gasteiger partial charge in [0.05, 0.1) is 18.2 Å². The maximum Gasteiger partial charge on any atom is 0.264 e. The minimum atomic E-state index is -3.72. The molecular weight excluding hydrogens is 614 g/mol. The lowest BCUT2D eigenvalue weighted by Crippen LogP contribution is -2.34. The quantitative estimate of drug-likeness (QED) is 0.255. The molecule has 1 aliphatic carbocycles. The number of para-hydroxylation sites is 1. The minimum Gasteiger partial charge on any atom is -0.457 e. The highest BCUT2D eigenvalue weighted by Gasteiger charge is 2.67. The molecule has 166 valence electrons. The Balaban J connectivity index is 1.90. The number of rotatable bonds is 7. The number of alkyl halides is 3. The van der Waals surface area contributed by atoms with Gasteiger partial charge in [0.2, 0.25) is 0 Å². The molecule has 1 unspecified atom stereocenters. The highest BCUT2D eigenvalue weighted by molar-refractivity contribution is 9.39. The van der Waals surface area contributed by atoms with Crippen molar-refractivity contribution < 1.29 is 17.3 Å². The first kappa shape index (κ1) is 24.7. The summed E-state index contributed by atoms with van der Waals surface area (Å²) in [7, 11) is -3.72. The first-order valence-corrected chi connectivity index (χ1v) is 13.7. The summed E-state index contributed by atoms with van der Waals surface area (Å²) in [4.78, 5) is 0. The predicted molar refractivity (Wildman–Crippen MR) is 131 cm³/mol. The van der Waals surface area contributed by atoms with Gasteiger partial charge in [-0.15, -0.1) is 0 Å². The largest absolute Gasteiger partial charge is 0.457 e. The van der Waals surface area contributed by atoms with E-state index in [1.807, 2.05) is 68.4 Å². The van der Waals surface area contributed by atoms with Gasteiger partial charge < -0.3 is 4.74 Å². The van der Waals surface area contributed by atoms with Gasteiger partial charge in [-0.25, -0.2) is 0 Å². The molecule has 3 rings (SSSR count). The van der Waals surface area contributed by atoms with Gasteiger partial charge in [0, 0.05) is 5.92 Å². The van der Waals surface area contributed by atoms with Crippen molar-refractivity contribution in [3.05, 3.63) is 60.2 Å². The third-order valence-corrected chi connectivity index (χ3v) is 7.53. The minimum absolute atomic E-state index is 0.122. The van der Waals surface area contributed by atoms with E-state index in [0.717, 1.165) is 11.8 Å². The summed E-state index contributed by atoms with van der Waals surface area (Å²) in [6.45, 7) is 4.04. The van der Waals surface area contributed by atoms with E-state index in [9.17, 15) is 13.7 Å². The van der Waals surface area contributed by atoms with Gasteiger partial charge >= 0.3 is 0 Å². The van der Waals surface area contributed by atoms with E-state index in [0.29, 0.717) is 11.5 Å². The Morgan fingerprint density at radius 3 is 2.19 bits per heavy atom. The fraction of sp³-hybridized carbons (Fsp3) is 0.409. The molecule has 2 aromatic rings. The van der Waals surface area contributed by atoms with Crippen LogP contribution in [0.25, 0.3) is 0 Å². The number of halogens is 3. The van der Waals surface area contributed by atoms with Crippen LogP contribution < -0.4 is 4.74 Å². The summed E-state index contributed by atoms with van der Waals surface area (Å²) in [5, 5.41) is 10.1. The number of nitrogens with zero attached hydrogens (tertiary/aromatic N) is 1. The molecule has 0 amide bonds. The Morgan fingerprint density at radius 2 is 1.65 bits per heavy atom. The van der Waals surface area contributed by atoms with E-state index in [1.54, 1.807) is 0 Å². The average molecular weight is 636 g/mol. The first-order chi connectivity index (χ1) is 14.3. The van der Waals surface area contributed by atoms with Crippen LogP contribution in [0, 0.1) is 28.6 Å². The number of benzene rings is 2. The zero-order chi connectivity index (χ0) is 23.0. The van der Waals surface area contributed by atoms with Crippen molar-refractivity contribution in [2.45, 2.75) is 28.0 Å². The first-order valence-electron chi connectivity index (χ1n) is 9.52. The van der Waals surface area contributed by atoms with Crippen LogP contribution in [0.15, 0.2) is 54.6 Å². The molecule has 0 N–H and O–H groups in total. The highest BCUT2D eigenvalue weighted by Crippen LogP contribution is 2.68. The monoisotopic (exact) mass is 633 g/mol. The van der Waals surface area contributed by atoms with Crippen molar-refractivity contribution in [2.75, 3.05) is 6.26 Å².